The van der Waals surface area contributed by atoms with Crippen LogP contribution in [0.25, 0.3) is 11.3 Å². The van der Waals surface area contributed by atoms with Gasteiger partial charge in [-0.25, -0.2) is 0 Å². The second kappa shape index (κ2) is 10.2. The second-order valence-electron chi connectivity index (χ2n) is 8.47. The van der Waals surface area contributed by atoms with Gasteiger partial charge in [-0.2, -0.15) is 0 Å². The summed E-state index contributed by atoms with van der Waals surface area (Å²) >= 11 is 6.36. The van der Waals surface area contributed by atoms with Crippen LogP contribution in [-0.2, 0) is 9.47 Å². The number of anilines is 2. The van der Waals surface area contributed by atoms with Gasteiger partial charge >= 0.3 is 0 Å². The standard InChI is InChI=1S/C25H27ClN4O5/c1-14-10-28-25(31)20-21(14)30-22(23(20)29-18-5-3-4-17(26)24(18)32-2)16-6-7-27-11-19(16)35-13-15-12-33-8-9-34-15/h3-7,11,14-15,29-30H,8-10,12-13H2,1-2H3,(H,28,31). The summed E-state index contributed by atoms with van der Waals surface area (Å²) in [6.45, 7) is 4.54. The molecule has 3 aromatic rings. The van der Waals surface area contributed by atoms with Crippen molar-refractivity contribution in [1.82, 2.24) is 15.3 Å². The molecular formula is C25H27ClN4O5. The quantitative estimate of drug-likeness (QED) is 0.449. The number of rotatable bonds is 7. The highest BCUT2D eigenvalue weighted by molar-refractivity contribution is 6.32. The number of hydrogen-bond acceptors (Lipinski definition) is 7. The summed E-state index contributed by atoms with van der Waals surface area (Å²) in [5.74, 6) is 0.986. The molecular weight excluding hydrogens is 472 g/mol. The van der Waals surface area contributed by atoms with Gasteiger partial charge in [0.15, 0.2) is 5.75 Å². The number of H-pyrrole nitrogens is 1. The Balaban J connectivity index is 1.58. The number of pyridine rings is 1. The third-order valence-electron chi connectivity index (χ3n) is 6.11. The van der Waals surface area contributed by atoms with E-state index in [1.54, 1.807) is 25.6 Å². The number of aromatic amines is 1. The van der Waals surface area contributed by atoms with Gasteiger partial charge in [-0.3, -0.25) is 9.78 Å². The van der Waals surface area contributed by atoms with E-state index in [4.69, 9.17) is 30.5 Å². The molecule has 1 aromatic carbocycles. The smallest absolute Gasteiger partial charge is 0.255 e. The van der Waals surface area contributed by atoms with Crippen LogP contribution in [0.2, 0.25) is 5.02 Å². The Labute approximate surface area is 208 Å². The molecule has 1 amide bonds. The van der Waals surface area contributed by atoms with Gasteiger partial charge in [-0.1, -0.05) is 24.6 Å². The summed E-state index contributed by atoms with van der Waals surface area (Å²) in [5, 5.41) is 6.83. The first-order valence-corrected chi connectivity index (χ1v) is 11.8. The Morgan fingerprint density at radius 3 is 2.97 bits per heavy atom. The van der Waals surface area contributed by atoms with Crippen molar-refractivity contribution in [3.05, 3.63) is 52.9 Å². The van der Waals surface area contributed by atoms with Crippen LogP contribution in [0.15, 0.2) is 36.7 Å². The predicted octanol–water partition coefficient (Wildman–Crippen LogP) is 4.12. The highest BCUT2D eigenvalue weighted by Crippen LogP contribution is 2.44. The van der Waals surface area contributed by atoms with E-state index in [0.29, 0.717) is 72.1 Å². The van der Waals surface area contributed by atoms with E-state index in [-0.39, 0.29) is 17.9 Å². The maximum absolute atomic E-state index is 13.0. The van der Waals surface area contributed by atoms with E-state index in [1.807, 2.05) is 18.2 Å². The summed E-state index contributed by atoms with van der Waals surface area (Å²) in [4.78, 5) is 20.8. The molecule has 2 aliphatic heterocycles. The number of carbonyl (C=O) groups is 1. The van der Waals surface area contributed by atoms with E-state index in [9.17, 15) is 4.79 Å². The Hall–Kier alpha value is -3.27. The van der Waals surface area contributed by atoms with Gasteiger partial charge in [0.25, 0.3) is 5.91 Å². The van der Waals surface area contributed by atoms with Crippen molar-refractivity contribution < 1.29 is 23.7 Å². The summed E-state index contributed by atoms with van der Waals surface area (Å²) in [7, 11) is 1.56. The summed E-state index contributed by atoms with van der Waals surface area (Å²) in [6.07, 6.45) is 3.19. The largest absolute Gasteiger partial charge is 0.493 e. The fraction of sp³-hybridized carbons (Fsp3) is 0.360. The van der Waals surface area contributed by atoms with E-state index in [2.05, 4.69) is 27.5 Å². The monoisotopic (exact) mass is 498 g/mol. The van der Waals surface area contributed by atoms with Crippen molar-refractivity contribution >= 4 is 28.9 Å². The Kier molecular flexibility index (Phi) is 6.81. The molecule has 0 bridgehead atoms. The molecule has 0 spiro atoms. The number of nitrogens with zero attached hydrogens (tertiary/aromatic N) is 1. The molecule has 9 nitrogen and oxygen atoms in total. The van der Waals surface area contributed by atoms with E-state index in [1.165, 1.54) is 0 Å². The van der Waals surface area contributed by atoms with Crippen LogP contribution < -0.4 is 20.1 Å². The molecule has 2 aliphatic rings. The van der Waals surface area contributed by atoms with Crippen LogP contribution >= 0.6 is 11.6 Å². The molecule has 0 aliphatic carbocycles. The van der Waals surface area contributed by atoms with Crippen LogP contribution in [0.3, 0.4) is 0 Å². The van der Waals surface area contributed by atoms with Crippen LogP contribution in [0.4, 0.5) is 11.4 Å². The van der Waals surface area contributed by atoms with E-state index in [0.717, 1.165) is 11.3 Å². The average molecular weight is 499 g/mol. The lowest BCUT2D eigenvalue weighted by molar-refractivity contribution is -0.101. The predicted molar refractivity (Wildman–Crippen MR) is 132 cm³/mol. The molecule has 2 aromatic heterocycles. The van der Waals surface area contributed by atoms with Crippen molar-refractivity contribution in [2.24, 2.45) is 0 Å². The SMILES string of the molecule is COc1c(Cl)cccc1Nc1c(-c2ccncc2OCC2COCCO2)[nH]c2c1C(=O)NCC2C. The van der Waals surface area contributed by atoms with Gasteiger partial charge in [0.2, 0.25) is 0 Å². The maximum Gasteiger partial charge on any atom is 0.255 e. The molecule has 0 saturated carbocycles. The van der Waals surface area contributed by atoms with Crippen LogP contribution in [0.1, 0.15) is 28.9 Å². The van der Waals surface area contributed by atoms with E-state index >= 15 is 0 Å². The number of benzene rings is 1. The normalized spacial score (nSPS) is 19.6. The first kappa shape index (κ1) is 23.5. The third kappa shape index (κ3) is 4.67. The lowest BCUT2D eigenvalue weighted by Crippen LogP contribution is -2.33. The van der Waals surface area contributed by atoms with Gasteiger partial charge in [0, 0.05) is 29.9 Å². The van der Waals surface area contributed by atoms with Gasteiger partial charge in [-0.05, 0) is 18.2 Å². The lowest BCUT2D eigenvalue weighted by Gasteiger charge is -2.23. The molecule has 2 unspecified atom stereocenters. The number of para-hydroxylation sites is 1. The third-order valence-corrected chi connectivity index (χ3v) is 6.41. The highest BCUT2D eigenvalue weighted by atomic mass is 35.5. The fourth-order valence-electron chi connectivity index (χ4n) is 4.35. The molecule has 3 N–H and O–H groups in total. The molecule has 2 atom stereocenters. The Bertz CT molecular complexity index is 1220. The van der Waals surface area contributed by atoms with Crippen molar-refractivity contribution in [3.63, 3.8) is 0 Å². The summed E-state index contributed by atoms with van der Waals surface area (Å²) < 4.78 is 22.8. The van der Waals surface area contributed by atoms with Crippen LogP contribution in [-0.4, -0.2) is 62.1 Å². The number of carbonyl (C=O) groups excluding carboxylic acids is 1. The van der Waals surface area contributed by atoms with Crippen molar-refractivity contribution in [1.29, 1.82) is 0 Å². The fourth-order valence-corrected chi connectivity index (χ4v) is 4.61. The molecule has 35 heavy (non-hydrogen) atoms. The lowest BCUT2D eigenvalue weighted by atomic mass is 9.98. The number of hydrogen-bond donors (Lipinski definition) is 3. The molecule has 184 valence electrons. The Morgan fingerprint density at radius 1 is 1.29 bits per heavy atom. The number of fused-ring (bicyclic) bond motifs is 1. The number of halogens is 1. The molecule has 10 heteroatoms. The zero-order valence-corrected chi connectivity index (χ0v) is 20.3. The summed E-state index contributed by atoms with van der Waals surface area (Å²) in [6, 6.07) is 7.28. The molecule has 0 radical (unpaired) electrons. The molecule has 1 saturated heterocycles. The van der Waals surface area contributed by atoms with E-state index < -0.39 is 0 Å². The van der Waals surface area contributed by atoms with Crippen LogP contribution in [0.5, 0.6) is 11.5 Å². The minimum Gasteiger partial charge on any atom is -0.493 e. The number of methoxy groups -OCH3 is 1. The Morgan fingerprint density at radius 2 is 2.17 bits per heavy atom. The van der Waals surface area contributed by atoms with Crippen molar-refractivity contribution in [2.45, 2.75) is 18.9 Å². The second-order valence-corrected chi connectivity index (χ2v) is 8.88. The number of amides is 1. The molecule has 4 heterocycles. The highest BCUT2D eigenvalue weighted by Gasteiger charge is 2.32. The van der Waals surface area contributed by atoms with Crippen molar-refractivity contribution in [3.8, 4) is 22.8 Å². The number of aromatic nitrogens is 2. The van der Waals surface area contributed by atoms with Gasteiger partial charge in [0.1, 0.15) is 18.5 Å². The maximum atomic E-state index is 13.0. The topological polar surface area (TPSA) is 107 Å². The van der Waals surface area contributed by atoms with Crippen molar-refractivity contribution in [2.75, 3.05) is 45.4 Å². The first-order valence-electron chi connectivity index (χ1n) is 11.5. The zero-order chi connectivity index (χ0) is 24.4. The zero-order valence-electron chi connectivity index (χ0n) is 19.5. The minimum absolute atomic E-state index is 0.0947. The van der Waals surface area contributed by atoms with Gasteiger partial charge in [0.05, 0.1) is 60.8 Å². The molecule has 5 rings (SSSR count). The first-order chi connectivity index (χ1) is 17.1. The average Bonchev–Trinajstić information content (AvgIpc) is 3.26. The minimum atomic E-state index is -0.159. The molecule has 1 fully saturated rings. The summed E-state index contributed by atoms with van der Waals surface area (Å²) in [5.41, 5.74) is 4.11. The van der Waals surface area contributed by atoms with Gasteiger partial charge in [-0.15, -0.1) is 0 Å². The number of nitrogens with one attached hydrogen (secondary N) is 3. The van der Waals surface area contributed by atoms with Crippen LogP contribution in [0, 0.1) is 0 Å². The van der Waals surface area contributed by atoms with Gasteiger partial charge < -0.3 is 34.6 Å². The number of ether oxygens (including phenoxy) is 4.